The molecule has 35 heavy (non-hydrogen) atoms. The van der Waals surface area contributed by atoms with Crippen LogP contribution in [0.2, 0.25) is 0 Å². The van der Waals surface area contributed by atoms with E-state index in [-0.39, 0.29) is 27.6 Å². The largest absolute Gasteiger partial charge is 0.465 e. The molecule has 4 rings (SSSR count). The number of carboxylic acid groups (broad SMARTS) is 1. The Morgan fingerprint density at radius 3 is 1.54 bits per heavy atom. The zero-order valence-electron chi connectivity index (χ0n) is 22.5. The standard InChI is InChI=1S/C30H40N2O3/c1-27(2)13-15-29(5,6)22-20(27)17-21-23(30(7,8)16-14-28(21,3)4)24(22)32-25(33)18-9-11-19(12-10-18)31-26(34)35/h9-12,17,31H,13-16H2,1-8H3,(H,32,33)(H,34,35). The van der Waals surface area contributed by atoms with Crippen LogP contribution in [0.4, 0.5) is 16.2 Å². The Labute approximate surface area is 209 Å². The molecule has 0 fully saturated rings. The maximum Gasteiger partial charge on any atom is 0.409 e. The molecule has 2 aliphatic carbocycles. The number of carbonyl (C=O) groups is 2. The Balaban J connectivity index is 1.92. The molecular weight excluding hydrogens is 436 g/mol. The Bertz CT molecular complexity index is 1130. The van der Waals surface area contributed by atoms with Crippen molar-refractivity contribution in [3.05, 3.63) is 58.1 Å². The van der Waals surface area contributed by atoms with Gasteiger partial charge in [0.25, 0.3) is 5.91 Å². The fraction of sp³-hybridized carbons (Fsp3) is 0.533. The van der Waals surface area contributed by atoms with Crippen LogP contribution in [0.3, 0.4) is 0 Å². The molecule has 2 aromatic carbocycles. The molecule has 2 aromatic rings. The van der Waals surface area contributed by atoms with Gasteiger partial charge in [-0.15, -0.1) is 0 Å². The number of nitrogens with one attached hydrogen (secondary N) is 2. The molecule has 0 saturated carbocycles. The Morgan fingerprint density at radius 1 is 0.686 bits per heavy atom. The second-order valence-electron chi connectivity index (χ2n) is 13.1. The predicted octanol–water partition coefficient (Wildman–Crippen LogP) is 7.73. The molecule has 0 bridgehead atoms. The monoisotopic (exact) mass is 476 g/mol. The van der Waals surface area contributed by atoms with Crippen LogP contribution in [0.1, 0.15) is 114 Å². The maximum absolute atomic E-state index is 13.6. The first-order valence-corrected chi connectivity index (χ1v) is 12.7. The SMILES string of the molecule is CC1(C)CCC(C)(C)c2c1cc1c(c2NC(=O)c2ccc(NC(=O)O)cc2)C(C)(C)CCC1(C)C. The summed E-state index contributed by atoms with van der Waals surface area (Å²) in [7, 11) is 0. The van der Waals surface area contributed by atoms with E-state index >= 15 is 0 Å². The topological polar surface area (TPSA) is 78.4 Å². The van der Waals surface area contributed by atoms with E-state index in [9.17, 15) is 9.59 Å². The Hall–Kier alpha value is -2.82. The first-order chi connectivity index (χ1) is 16.1. The Morgan fingerprint density at radius 2 is 1.11 bits per heavy atom. The van der Waals surface area contributed by atoms with Gasteiger partial charge >= 0.3 is 6.09 Å². The summed E-state index contributed by atoms with van der Waals surface area (Å²) in [6, 6.07) is 9.06. The van der Waals surface area contributed by atoms with E-state index in [1.54, 1.807) is 24.3 Å². The van der Waals surface area contributed by atoms with Gasteiger partial charge in [-0.05, 0) is 93.9 Å². The highest BCUT2D eigenvalue weighted by atomic mass is 16.4. The van der Waals surface area contributed by atoms with Crippen molar-refractivity contribution in [3.8, 4) is 0 Å². The van der Waals surface area contributed by atoms with Gasteiger partial charge < -0.3 is 10.4 Å². The summed E-state index contributed by atoms with van der Waals surface area (Å²) in [5, 5.41) is 14.7. The van der Waals surface area contributed by atoms with Crippen molar-refractivity contribution in [1.82, 2.24) is 0 Å². The van der Waals surface area contributed by atoms with Crippen molar-refractivity contribution in [1.29, 1.82) is 0 Å². The number of amides is 2. The summed E-state index contributed by atoms with van der Waals surface area (Å²) in [4.78, 5) is 24.6. The fourth-order valence-electron chi connectivity index (χ4n) is 6.06. The lowest BCUT2D eigenvalue weighted by atomic mass is 9.56. The minimum absolute atomic E-state index is 0.0289. The van der Waals surface area contributed by atoms with Crippen molar-refractivity contribution in [3.63, 3.8) is 0 Å². The van der Waals surface area contributed by atoms with E-state index in [0.29, 0.717) is 11.3 Å². The molecule has 0 spiro atoms. The zero-order chi connectivity index (χ0) is 26.0. The van der Waals surface area contributed by atoms with Crippen molar-refractivity contribution < 1.29 is 14.7 Å². The van der Waals surface area contributed by atoms with Crippen LogP contribution < -0.4 is 10.6 Å². The van der Waals surface area contributed by atoms with Gasteiger partial charge in [0.05, 0.1) is 0 Å². The van der Waals surface area contributed by atoms with Gasteiger partial charge in [0.1, 0.15) is 0 Å². The predicted molar refractivity (Wildman–Crippen MR) is 143 cm³/mol. The Kier molecular flexibility index (Phi) is 5.86. The van der Waals surface area contributed by atoms with E-state index in [4.69, 9.17) is 5.11 Å². The van der Waals surface area contributed by atoms with Gasteiger partial charge in [0.15, 0.2) is 0 Å². The lowest BCUT2D eigenvalue weighted by Gasteiger charge is -2.49. The maximum atomic E-state index is 13.6. The van der Waals surface area contributed by atoms with E-state index in [1.165, 1.54) is 22.3 Å². The number of anilines is 2. The molecule has 0 unspecified atom stereocenters. The van der Waals surface area contributed by atoms with Gasteiger partial charge in [0, 0.05) is 16.9 Å². The second kappa shape index (κ2) is 8.11. The van der Waals surface area contributed by atoms with E-state index < -0.39 is 6.09 Å². The number of benzene rings is 2. The minimum Gasteiger partial charge on any atom is -0.465 e. The molecule has 5 heteroatoms. The molecular formula is C30H40N2O3. The van der Waals surface area contributed by atoms with Crippen LogP contribution in [0, 0.1) is 0 Å². The van der Waals surface area contributed by atoms with Crippen molar-refractivity contribution in [2.75, 3.05) is 10.6 Å². The highest BCUT2D eigenvalue weighted by molar-refractivity contribution is 6.06. The van der Waals surface area contributed by atoms with E-state index in [1.807, 2.05) is 0 Å². The summed E-state index contributed by atoms with van der Waals surface area (Å²) < 4.78 is 0. The molecule has 3 N–H and O–H groups in total. The smallest absolute Gasteiger partial charge is 0.409 e. The zero-order valence-corrected chi connectivity index (χ0v) is 22.5. The van der Waals surface area contributed by atoms with Gasteiger partial charge in [-0.1, -0.05) is 61.5 Å². The molecule has 0 heterocycles. The second-order valence-corrected chi connectivity index (χ2v) is 13.1. The summed E-state index contributed by atoms with van der Waals surface area (Å²) in [5.41, 5.74) is 7.14. The van der Waals surface area contributed by atoms with Crippen LogP contribution in [0.15, 0.2) is 30.3 Å². The molecule has 0 atom stereocenters. The molecule has 0 radical (unpaired) electrons. The van der Waals surface area contributed by atoms with Crippen LogP contribution >= 0.6 is 0 Å². The summed E-state index contributed by atoms with van der Waals surface area (Å²) in [5.74, 6) is -0.166. The van der Waals surface area contributed by atoms with Gasteiger partial charge in [-0.2, -0.15) is 0 Å². The fourth-order valence-corrected chi connectivity index (χ4v) is 6.06. The lowest BCUT2D eigenvalue weighted by Crippen LogP contribution is -2.41. The third kappa shape index (κ3) is 4.46. The summed E-state index contributed by atoms with van der Waals surface area (Å²) >= 11 is 0. The van der Waals surface area contributed by atoms with Gasteiger partial charge in [-0.25, -0.2) is 4.79 Å². The van der Waals surface area contributed by atoms with Gasteiger partial charge in [-0.3, -0.25) is 10.1 Å². The van der Waals surface area contributed by atoms with Crippen molar-refractivity contribution in [2.45, 2.75) is 103 Å². The van der Waals surface area contributed by atoms with Crippen molar-refractivity contribution in [2.24, 2.45) is 0 Å². The number of rotatable bonds is 3. The normalized spacial score (nSPS) is 20.8. The number of fused-ring (bicyclic) bond motifs is 2. The molecule has 2 amide bonds. The molecule has 5 nitrogen and oxygen atoms in total. The average Bonchev–Trinajstić information content (AvgIpc) is 2.74. The lowest BCUT2D eigenvalue weighted by molar-refractivity contribution is 0.102. The molecule has 0 saturated heterocycles. The van der Waals surface area contributed by atoms with Crippen molar-refractivity contribution >= 4 is 23.4 Å². The quantitative estimate of drug-likeness (QED) is 0.424. The number of carbonyl (C=O) groups excluding carboxylic acids is 1. The highest BCUT2D eigenvalue weighted by Crippen LogP contribution is 2.56. The summed E-state index contributed by atoms with van der Waals surface area (Å²) in [6.45, 7) is 18.5. The van der Waals surface area contributed by atoms with Crippen LogP contribution in [0.25, 0.3) is 0 Å². The van der Waals surface area contributed by atoms with Crippen LogP contribution in [-0.4, -0.2) is 17.1 Å². The highest BCUT2D eigenvalue weighted by Gasteiger charge is 2.46. The molecule has 0 aromatic heterocycles. The molecule has 2 aliphatic rings. The minimum atomic E-state index is -1.13. The summed E-state index contributed by atoms with van der Waals surface area (Å²) in [6.07, 6.45) is 3.23. The number of hydrogen-bond donors (Lipinski definition) is 3. The van der Waals surface area contributed by atoms with E-state index in [2.05, 4.69) is 72.1 Å². The molecule has 188 valence electrons. The first kappa shape index (κ1) is 25.3. The third-order valence-electron chi connectivity index (χ3n) is 8.53. The van der Waals surface area contributed by atoms with Crippen LogP contribution in [-0.2, 0) is 21.7 Å². The third-order valence-corrected chi connectivity index (χ3v) is 8.53. The number of hydrogen-bond acceptors (Lipinski definition) is 2. The molecule has 0 aliphatic heterocycles. The average molecular weight is 477 g/mol. The first-order valence-electron chi connectivity index (χ1n) is 12.7. The van der Waals surface area contributed by atoms with Crippen LogP contribution in [0.5, 0.6) is 0 Å². The van der Waals surface area contributed by atoms with E-state index in [0.717, 1.165) is 31.4 Å². The van der Waals surface area contributed by atoms with Gasteiger partial charge in [0.2, 0.25) is 0 Å².